The number of ketones is 1. The number of carbonyl (C=O) groups excluding carboxylic acids is 4. The van der Waals surface area contributed by atoms with Gasteiger partial charge < -0.3 is 33.9 Å². The van der Waals surface area contributed by atoms with Crippen molar-refractivity contribution in [1.82, 2.24) is 14.8 Å². The van der Waals surface area contributed by atoms with E-state index in [9.17, 15) is 24.0 Å². The van der Waals surface area contributed by atoms with E-state index in [-0.39, 0.29) is 64.2 Å². The number of esters is 3. The van der Waals surface area contributed by atoms with Gasteiger partial charge in [-0.2, -0.15) is 0 Å². The van der Waals surface area contributed by atoms with Gasteiger partial charge in [0, 0.05) is 84.4 Å². The van der Waals surface area contributed by atoms with Crippen LogP contribution in [0.4, 0.5) is 10.1 Å². The summed E-state index contributed by atoms with van der Waals surface area (Å²) in [6.45, 7) is 22.5. The molecule has 2 saturated carbocycles. The molecule has 1 aromatic heterocycles. The number of ether oxygens (including phenoxy) is 3. The predicted octanol–water partition coefficient (Wildman–Crippen LogP) is 11.3. The molecule has 0 radical (unpaired) electrons. The standard InChI is InChI=1S/C58H85FN4O8S2/c1-10-36(3)58(8)47(70-49(66)35-72-41-30-39-21-22-40(31-41)61(39)9)34-56(6,11-2)53(37(4)57(7)24-23-46(64)52(57)58)71-48(65)20-18-16-14-12-13-15-17-19-29-69-55(68)50-51(67)42-32-43(59)45(62-27-25-60-26-28-62)33-44(42)63-38(5)73-54(50)63/h11,32-33,36-41,47,52-53,60H,2,10,12-31,34-35H2,1,3-9H3/t36?,37-,38?,39?,40?,41?,47+,52?,53-,56+,57?,58-/m1/s1. The fraction of sp³-hybridized carbons (Fsp3) is 0.741. The van der Waals surface area contributed by atoms with E-state index in [2.05, 4.69) is 65.4 Å². The molecular formula is C58H85FN4O8S2. The van der Waals surface area contributed by atoms with E-state index in [4.69, 9.17) is 14.2 Å². The van der Waals surface area contributed by atoms with E-state index < -0.39 is 45.7 Å². The van der Waals surface area contributed by atoms with Gasteiger partial charge in [0.2, 0.25) is 5.43 Å². The van der Waals surface area contributed by atoms with E-state index in [1.54, 1.807) is 17.8 Å². The number of carbonyl (C=O) groups is 4. The maximum atomic E-state index is 15.4. The van der Waals surface area contributed by atoms with Crippen molar-refractivity contribution in [1.29, 1.82) is 0 Å². The fourth-order valence-corrected chi connectivity index (χ4v) is 16.5. The van der Waals surface area contributed by atoms with Crippen LogP contribution in [-0.2, 0) is 28.6 Å². The number of thioether (sulfide) groups is 2. The Morgan fingerprint density at radius 3 is 2.26 bits per heavy atom. The van der Waals surface area contributed by atoms with Crippen LogP contribution in [0.25, 0.3) is 10.9 Å². The molecule has 6 unspecified atom stereocenters. The number of nitrogens with one attached hydrogen (secondary N) is 1. The molecule has 2 bridgehead atoms. The third-order valence-electron chi connectivity index (χ3n) is 19.2. The third kappa shape index (κ3) is 11.2. The normalized spacial score (nSPS) is 32.5. The van der Waals surface area contributed by atoms with Crippen molar-refractivity contribution in [3.63, 3.8) is 0 Å². The zero-order valence-corrected chi connectivity index (χ0v) is 46.8. The molecule has 1 aromatic carbocycles. The number of unbranched alkanes of at least 4 members (excludes halogenated alkanes) is 7. The number of halogens is 1. The average Bonchev–Trinajstić information content (AvgIpc) is 3.78. The first-order valence-electron chi connectivity index (χ1n) is 28.0. The monoisotopic (exact) mass is 1050 g/mol. The number of piperazine rings is 1. The zero-order valence-electron chi connectivity index (χ0n) is 45.2. The highest BCUT2D eigenvalue weighted by Crippen LogP contribution is 2.63. The molecule has 6 aliphatic rings. The van der Waals surface area contributed by atoms with E-state index >= 15 is 4.39 Å². The summed E-state index contributed by atoms with van der Waals surface area (Å²) in [4.78, 5) is 73.7. The van der Waals surface area contributed by atoms with Crippen molar-refractivity contribution in [2.75, 3.05) is 50.5 Å². The number of hydrogen-bond donors (Lipinski definition) is 1. The second kappa shape index (κ2) is 23.5. The first-order valence-corrected chi connectivity index (χ1v) is 29.9. The Morgan fingerprint density at radius 2 is 1.62 bits per heavy atom. The number of Topliss-reactive ketones (excluding diaryl/α,β-unsaturated/α-hetero) is 1. The Bertz CT molecular complexity index is 2420. The Kier molecular flexibility index (Phi) is 17.9. The van der Waals surface area contributed by atoms with Gasteiger partial charge in [-0.15, -0.1) is 18.3 Å². The number of nitrogens with zero attached hydrogens (tertiary/aromatic N) is 3. The number of anilines is 1. The van der Waals surface area contributed by atoms with Crippen LogP contribution in [0.1, 0.15) is 173 Å². The molecule has 5 heterocycles. The highest BCUT2D eigenvalue weighted by Gasteiger charge is 2.65. The van der Waals surface area contributed by atoms with E-state index in [0.29, 0.717) is 85.2 Å². The number of pyridine rings is 1. The van der Waals surface area contributed by atoms with Crippen molar-refractivity contribution in [2.24, 2.45) is 34.0 Å². The molecule has 5 fully saturated rings. The van der Waals surface area contributed by atoms with Crippen molar-refractivity contribution >= 4 is 63.8 Å². The van der Waals surface area contributed by atoms with Gasteiger partial charge in [0.25, 0.3) is 0 Å². The average molecular weight is 1050 g/mol. The minimum atomic E-state index is -0.712. The van der Waals surface area contributed by atoms with Crippen LogP contribution in [-0.4, -0.2) is 108 Å². The Hall–Kier alpha value is -3.40. The second-order valence-corrected chi connectivity index (χ2v) is 26.1. The molecule has 73 heavy (non-hydrogen) atoms. The van der Waals surface area contributed by atoms with Gasteiger partial charge >= 0.3 is 17.9 Å². The molecule has 2 aromatic rings. The third-order valence-corrected chi connectivity index (χ3v) is 21.6. The lowest BCUT2D eigenvalue weighted by atomic mass is 9.48. The molecule has 12 nitrogen and oxygen atoms in total. The summed E-state index contributed by atoms with van der Waals surface area (Å²) in [5, 5.41) is 4.50. The number of piperidine rings is 1. The lowest BCUT2D eigenvalue weighted by Gasteiger charge is -2.58. The summed E-state index contributed by atoms with van der Waals surface area (Å²) in [7, 11) is 2.23. The molecule has 0 spiro atoms. The van der Waals surface area contributed by atoms with E-state index in [0.717, 1.165) is 70.9 Å². The van der Waals surface area contributed by atoms with Crippen LogP contribution in [0.2, 0.25) is 0 Å². The minimum Gasteiger partial charge on any atom is -0.462 e. The molecule has 2 aliphatic carbocycles. The summed E-state index contributed by atoms with van der Waals surface area (Å²) in [5.41, 5.74) is -1.19. The Labute approximate surface area is 442 Å². The number of benzene rings is 1. The summed E-state index contributed by atoms with van der Waals surface area (Å²) in [6.07, 6.45) is 15.3. The maximum absolute atomic E-state index is 15.4. The lowest BCUT2D eigenvalue weighted by molar-refractivity contribution is -0.198. The maximum Gasteiger partial charge on any atom is 0.344 e. The molecule has 8 rings (SSSR count). The molecule has 4 aliphatic heterocycles. The van der Waals surface area contributed by atoms with Gasteiger partial charge in [-0.1, -0.05) is 104 Å². The predicted molar refractivity (Wildman–Crippen MR) is 291 cm³/mol. The van der Waals surface area contributed by atoms with Gasteiger partial charge in [0.1, 0.15) is 29.4 Å². The highest BCUT2D eigenvalue weighted by atomic mass is 32.2. The molecule has 3 saturated heterocycles. The van der Waals surface area contributed by atoms with Gasteiger partial charge in [-0.05, 0) is 88.8 Å². The van der Waals surface area contributed by atoms with Gasteiger partial charge in [-0.3, -0.25) is 19.2 Å². The van der Waals surface area contributed by atoms with Crippen LogP contribution < -0.4 is 15.6 Å². The van der Waals surface area contributed by atoms with Gasteiger partial charge in [-0.25, -0.2) is 9.18 Å². The first-order chi connectivity index (χ1) is 34.9. The summed E-state index contributed by atoms with van der Waals surface area (Å²) in [5.74, 6) is -1.47. The van der Waals surface area contributed by atoms with Crippen LogP contribution in [0.15, 0.2) is 34.6 Å². The second-order valence-electron chi connectivity index (χ2n) is 23.5. The molecular weight excluding hydrogens is 964 g/mol. The molecule has 404 valence electrons. The molecule has 0 amide bonds. The van der Waals surface area contributed by atoms with Crippen LogP contribution in [0.3, 0.4) is 0 Å². The van der Waals surface area contributed by atoms with Crippen molar-refractivity contribution in [3.05, 3.63) is 46.4 Å². The summed E-state index contributed by atoms with van der Waals surface area (Å²) >= 11 is 3.19. The lowest BCUT2D eigenvalue weighted by Crippen LogP contribution is -2.60. The first kappa shape index (κ1) is 55.8. The SMILES string of the molecule is C=C[C@@]1(C)C[C@H](OC(=O)CSC2CC3CCC(C2)N3C)[C@@](C)(C(C)CC)C2C(=O)CCC2(C)[C@H](C)[C@H]1OC(=O)CCCCCCCCCCOC(=O)c1c2n(c3cc(N4CCNCC4)c(F)cc3c1=O)C(C)S2. The number of fused-ring (bicyclic) bond motifs is 6. The minimum absolute atomic E-state index is 0.00410. The largest absolute Gasteiger partial charge is 0.462 e. The highest BCUT2D eigenvalue weighted by molar-refractivity contribution is 8.00. The van der Waals surface area contributed by atoms with Crippen LogP contribution >= 0.6 is 23.5 Å². The number of aromatic nitrogens is 1. The van der Waals surface area contributed by atoms with Crippen molar-refractivity contribution in [2.45, 2.75) is 198 Å². The van der Waals surface area contributed by atoms with Gasteiger partial charge in [0.15, 0.2) is 0 Å². The zero-order chi connectivity index (χ0) is 52.4. The van der Waals surface area contributed by atoms with E-state index in [1.807, 2.05) is 22.5 Å². The Balaban J connectivity index is 0.800. The molecule has 11 atom stereocenters. The molecule has 1 N–H and O–H groups in total. The van der Waals surface area contributed by atoms with Crippen LogP contribution in [0, 0.1) is 39.8 Å². The van der Waals surface area contributed by atoms with Gasteiger partial charge in [0.05, 0.1) is 34.0 Å². The summed E-state index contributed by atoms with van der Waals surface area (Å²) < 4.78 is 36.3. The van der Waals surface area contributed by atoms with E-state index in [1.165, 1.54) is 30.7 Å². The topological polar surface area (TPSA) is 136 Å². The fourth-order valence-electron chi connectivity index (χ4n) is 14.2. The number of rotatable bonds is 21. The van der Waals surface area contributed by atoms with Crippen LogP contribution in [0.5, 0.6) is 0 Å². The molecule has 15 heteroatoms. The quantitative estimate of drug-likeness (QED) is 0.0550. The van der Waals surface area contributed by atoms with Crippen molar-refractivity contribution < 1.29 is 37.8 Å². The number of hydrogen-bond acceptors (Lipinski definition) is 13. The van der Waals surface area contributed by atoms with Crippen molar-refractivity contribution in [3.8, 4) is 0 Å². The Morgan fingerprint density at radius 1 is 0.959 bits per heavy atom. The summed E-state index contributed by atoms with van der Waals surface area (Å²) in [6, 6.07) is 4.23. The smallest absolute Gasteiger partial charge is 0.344 e.